The van der Waals surface area contributed by atoms with Crippen LogP contribution in [0.4, 0.5) is 0 Å². The van der Waals surface area contributed by atoms with E-state index in [1.54, 1.807) is 6.08 Å². The lowest BCUT2D eigenvalue weighted by atomic mass is 9.94. The van der Waals surface area contributed by atoms with E-state index in [9.17, 15) is 101 Å². The lowest BCUT2D eigenvalue weighted by Gasteiger charge is -2.51. The molecular formula is C84H151N3O32. The first kappa shape index (κ1) is 105. The van der Waals surface area contributed by atoms with Crippen LogP contribution >= 0.6 is 0 Å². The van der Waals surface area contributed by atoms with E-state index in [2.05, 4.69) is 41.9 Å². The Bertz CT molecular complexity index is 2780. The third-order valence-corrected chi connectivity index (χ3v) is 23.3. The van der Waals surface area contributed by atoms with Crippen LogP contribution in [0.5, 0.6) is 0 Å². The number of unbranched alkanes of at least 4 members (excludes halogenated alkanes) is 30. The number of aliphatic hydroxyl groups is 17. The van der Waals surface area contributed by atoms with E-state index in [0.29, 0.717) is 12.8 Å². The molecule has 35 nitrogen and oxygen atoms in total. The maximum atomic E-state index is 13.7. The van der Waals surface area contributed by atoms with Crippen LogP contribution in [-0.2, 0) is 71.2 Å². The van der Waals surface area contributed by atoms with Crippen LogP contribution in [0.2, 0.25) is 0 Å². The molecule has 6 aliphatic rings. The van der Waals surface area contributed by atoms with Crippen molar-refractivity contribution in [3.63, 3.8) is 0 Å². The molecule has 20 N–H and O–H groups in total. The van der Waals surface area contributed by atoms with Gasteiger partial charge in [0.1, 0.15) is 140 Å². The number of hydrogen-bond acceptors (Lipinski definition) is 32. The molecule has 0 bridgehead atoms. The first-order chi connectivity index (χ1) is 57.3. The van der Waals surface area contributed by atoms with Gasteiger partial charge in [-0.2, -0.15) is 0 Å². The predicted octanol–water partition coefficient (Wildman–Crippen LogP) is 1.50. The third-order valence-electron chi connectivity index (χ3n) is 23.3. The van der Waals surface area contributed by atoms with Gasteiger partial charge in [-0.3, -0.25) is 14.4 Å². The molecule has 119 heavy (non-hydrogen) atoms. The molecule has 0 spiro atoms. The fraction of sp³-hybridized carbons (Fsp3) is 0.917. The highest BCUT2D eigenvalue weighted by Gasteiger charge is 2.59. The standard InChI is InChI=1S/C84H151N3O32/c1-6-8-10-12-14-16-18-20-21-22-23-24-25-26-27-28-29-31-33-35-37-39-41-43-60(96)87-53(54(95)42-40-38-36-34-32-30-19-17-15-13-11-9-7-2)49-108-81-71(105)69(103)74(58(47-91)113-81)115-84-73(107)78(75(59(48-92)114-84)116-79-61(85-51(4)93)67(101)64(98)55(44-88)110-79)119-83-72(106)77(66(100)57(46-90)112-83)118-80-62(86-52(5)94)76(65(99)56(45-89)111-80)117-82-70(104)68(102)63(97)50(3)109-82/h20-21,40,42,50,53-59,61-84,88-92,95,97-107H,6-19,22-39,41,43-49H2,1-5H3,(H,85,93)(H,86,94)(H,87,96)/b21-20-,42-40+/t50?,53-,54+,55?,56?,57?,58?,59?,61?,62?,63+,64-,65+,66-,67+,68?,69+,70-,71?,72?,73?,74+,75-,76+,77-,78+,79-,80-,81+,82+,83+,84-/m0/s1. The molecular weight excluding hydrogens is 1560 g/mol. The van der Waals surface area contributed by atoms with Crippen molar-refractivity contribution in [1.82, 2.24) is 16.0 Å². The summed E-state index contributed by atoms with van der Waals surface area (Å²) in [4.78, 5) is 39.3. The molecule has 0 aromatic rings. The van der Waals surface area contributed by atoms with Crippen LogP contribution in [0, 0.1) is 0 Å². The van der Waals surface area contributed by atoms with Crippen molar-refractivity contribution in [2.45, 2.75) is 449 Å². The predicted molar refractivity (Wildman–Crippen MR) is 429 cm³/mol. The summed E-state index contributed by atoms with van der Waals surface area (Å²) >= 11 is 0. The van der Waals surface area contributed by atoms with Crippen molar-refractivity contribution in [3.8, 4) is 0 Å². The van der Waals surface area contributed by atoms with Crippen molar-refractivity contribution in [2.24, 2.45) is 0 Å². The Hall–Kier alpha value is -3.27. The van der Waals surface area contributed by atoms with Crippen molar-refractivity contribution in [2.75, 3.05) is 39.6 Å². The van der Waals surface area contributed by atoms with Gasteiger partial charge in [-0.15, -0.1) is 0 Å². The Morgan fingerprint density at radius 1 is 0.345 bits per heavy atom. The van der Waals surface area contributed by atoms with Gasteiger partial charge in [-0.1, -0.05) is 205 Å². The fourth-order valence-corrected chi connectivity index (χ4v) is 16.1. The molecule has 0 aromatic heterocycles. The minimum absolute atomic E-state index is 0.150. The van der Waals surface area contributed by atoms with E-state index in [-0.39, 0.29) is 12.3 Å². The summed E-state index contributed by atoms with van der Waals surface area (Å²) in [6.45, 7) is 2.20. The zero-order valence-corrected chi connectivity index (χ0v) is 70.8. The van der Waals surface area contributed by atoms with Crippen molar-refractivity contribution >= 4 is 17.7 Å². The quantitative estimate of drug-likeness (QED) is 0.0303. The Balaban J connectivity index is 1.14. The van der Waals surface area contributed by atoms with Gasteiger partial charge in [0, 0.05) is 20.3 Å². The second kappa shape index (κ2) is 57.4. The Morgan fingerprint density at radius 2 is 0.706 bits per heavy atom. The number of ether oxygens (including phenoxy) is 12. The van der Waals surface area contributed by atoms with Crippen molar-refractivity contribution in [3.05, 3.63) is 24.3 Å². The Kier molecular flexibility index (Phi) is 50.4. The van der Waals surface area contributed by atoms with Gasteiger partial charge < -0.3 is 160 Å². The van der Waals surface area contributed by atoms with E-state index in [4.69, 9.17) is 56.8 Å². The minimum atomic E-state index is -2.37. The molecule has 0 radical (unpaired) electrons. The molecule has 0 saturated carbocycles. The number of carbonyl (C=O) groups is 3. The molecule has 6 rings (SSSR count). The first-order valence-corrected chi connectivity index (χ1v) is 44.5. The number of rotatable bonds is 58. The zero-order chi connectivity index (χ0) is 86.9. The average molecular weight is 1720 g/mol. The van der Waals surface area contributed by atoms with E-state index < -0.39 is 248 Å². The van der Waals surface area contributed by atoms with Crippen LogP contribution < -0.4 is 16.0 Å². The zero-order valence-electron chi connectivity index (χ0n) is 70.8. The smallest absolute Gasteiger partial charge is 0.220 e. The highest BCUT2D eigenvalue weighted by atomic mass is 16.8. The second-order valence-electron chi connectivity index (χ2n) is 33.1. The number of aliphatic hydroxyl groups excluding tert-OH is 17. The summed E-state index contributed by atoms with van der Waals surface area (Å²) < 4.78 is 72.5. The van der Waals surface area contributed by atoms with E-state index in [1.165, 1.54) is 148 Å². The lowest BCUT2D eigenvalue weighted by molar-refractivity contribution is -0.401. The van der Waals surface area contributed by atoms with Gasteiger partial charge >= 0.3 is 0 Å². The topological polar surface area (TPSA) is 542 Å². The largest absolute Gasteiger partial charge is 0.394 e. The molecule has 6 aliphatic heterocycles. The number of amides is 3. The van der Waals surface area contributed by atoms with Gasteiger partial charge in [-0.05, 0) is 51.9 Å². The van der Waals surface area contributed by atoms with Gasteiger partial charge in [0.2, 0.25) is 17.7 Å². The van der Waals surface area contributed by atoms with Gasteiger partial charge in [0.15, 0.2) is 37.7 Å². The molecule has 35 heteroatoms. The molecule has 6 heterocycles. The maximum absolute atomic E-state index is 13.7. The minimum Gasteiger partial charge on any atom is -0.394 e. The number of hydrogen-bond donors (Lipinski definition) is 20. The molecule has 6 saturated heterocycles. The molecule has 0 aliphatic carbocycles. The summed E-state index contributed by atoms with van der Waals surface area (Å²) in [5.41, 5.74) is 0. The molecule has 12 unspecified atom stereocenters. The number of carbonyl (C=O) groups excluding carboxylic acids is 3. The van der Waals surface area contributed by atoms with E-state index in [1.807, 2.05) is 6.08 Å². The van der Waals surface area contributed by atoms with Gasteiger partial charge in [0.05, 0.1) is 57.9 Å². The highest BCUT2D eigenvalue weighted by molar-refractivity contribution is 5.76. The molecule has 694 valence electrons. The summed E-state index contributed by atoms with van der Waals surface area (Å²) in [5.74, 6) is -2.00. The van der Waals surface area contributed by atoms with Crippen molar-refractivity contribution < 1.29 is 158 Å². The Labute approximate surface area is 702 Å². The van der Waals surface area contributed by atoms with Crippen molar-refractivity contribution in [1.29, 1.82) is 0 Å². The van der Waals surface area contributed by atoms with Crippen LogP contribution in [0.3, 0.4) is 0 Å². The molecule has 6 fully saturated rings. The average Bonchev–Trinajstić information content (AvgIpc) is 0.762. The van der Waals surface area contributed by atoms with Crippen LogP contribution in [0.15, 0.2) is 24.3 Å². The molecule has 0 aromatic carbocycles. The number of nitrogens with one attached hydrogen (secondary N) is 3. The maximum Gasteiger partial charge on any atom is 0.220 e. The highest BCUT2D eigenvalue weighted by Crippen LogP contribution is 2.39. The summed E-state index contributed by atoms with van der Waals surface area (Å²) in [6, 6.07) is -4.57. The normalized spacial score (nSPS) is 35.8. The second-order valence-corrected chi connectivity index (χ2v) is 33.1. The fourth-order valence-electron chi connectivity index (χ4n) is 16.1. The van der Waals surface area contributed by atoms with E-state index >= 15 is 0 Å². The van der Waals surface area contributed by atoms with Crippen LogP contribution in [-0.4, -0.2) is 340 Å². The molecule has 32 atom stereocenters. The first-order valence-electron chi connectivity index (χ1n) is 44.5. The summed E-state index contributed by atoms with van der Waals surface area (Å²) in [6.07, 6.45) is -8.99. The van der Waals surface area contributed by atoms with Crippen LogP contribution in [0.25, 0.3) is 0 Å². The number of allylic oxidation sites excluding steroid dienone is 3. The Morgan fingerprint density at radius 3 is 1.20 bits per heavy atom. The van der Waals surface area contributed by atoms with Gasteiger partial charge in [-0.25, -0.2) is 0 Å². The molecule has 3 amide bonds. The van der Waals surface area contributed by atoms with Gasteiger partial charge in [0.25, 0.3) is 0 Å². The van der Waals surface area contributed by atoms with Crippen LogP contribution in [0.1, 0.15) is 253 Å². The summed E-state index contributed by atoms with van der Waals surface area (Å²) in [7, 11) is 0. The monoisotopic (exact) mass is 1710 g/mol. The third kappa shape index (κ3) is 33.8. The SMILES string of the molecule is CCCCCCCC/C=C\CCCCCCCCCCCCCCCC(=O)N[C@@H](CO[C@@H]1OC(CO)[C@@H](O[C@@H]2OC(CO)[C@H](O[C@@H]3OC(CO)[C@H](O)[C@H](O)C3NC(C)=O)[C@H](O[C@H]3OC(CO)[C@H](O)[C@H](O[C@@H]4OC(CO)[C@@H](O)[C@H](O[C@H]5OC(C)[C@@H](O)C(O)[C@@H]5O)C4NC(C)=O)C3O)C2O)[C@H](O)C1O)[C@H](O)/C=C/CCCCCCCCCCCCC. The lowest BCUT2D eigenvalue weighted by Crippen LogP contribution is -2.71. The van der Waals surface area contributed by atoms with E-state index in [0.717, 1.165) is 71.6 Å². The summed E-state index contributed by atoms with van der Waals surface area (Å²) in [5, 5.41) is 200.